The molecule has 0 aromatic rings. The molecular weight excluding hydrogens is 162 g/mol. The fraction of sp³-hybridized carbons (Fsp3) is 1.00. The van der Waals surface area contributed by atoms with Gasteiger partial charge >= 0.3 is 0 Å². The van der Waals surface area contributed by atoms with Gasteiger partial charge in [0, 0.05) is 12.6 Å². The van der Waals surface area contributed by atoms with Gasteiger partial charge in [0.15, 0.2) is 0 Å². The second kappa shape index (κ2) is 5.61. The van der Waals surface area contributed by atoms with Crippen LogP contribution in [-0.4, -0.2) is 19.3 Å². The maximum absolute atomic E-state index is 5.94. The lowest BCUT2D eigenvalue weighted by Gasteiger charge is -2.17. The molecule has 0 saturated heterocycles. The molecule has 0 aliphatic heterocycles. The normalized spacial score (nSPS) is 21.5. The number of rotatable bonds is 7. The zero-order valence-corrected chi connectivity index (χ0v) is 8.96. The van der Waals surface area contributed by atoms with E-state index in [1.165, 1.54) is 19.3 Å². The molecule has 2 atom stereocenters. The first kappa shape index (κ1) is 11.0. The molecule has 2 heteroatoms. The van der Waals surface area contributed by atoms with Crippen LogP contribution < -0.4 is 5.73 Å². The third-order valence-electron chi connectivity index (χ3n) is 3.05. The van der Waals surface area contributed by atoms with Crippen molar-refractivity contribution in [2.24, 2.45) is 17.6 Å². The minimum atomic E-state index is 0.226. The summed E-state index contributed by atoms with van der Waals surface area (Å²) in [4.78, 5) is 0. The SMILES string of the molecule is CCC(C)C(N)COCCC1CC1. The Bertz CT molecular complexity index is 134. The minimum Gasteiger partial charge on any atom is -0.380 e. The zero-order chi connectivity index (χ0) is 9.68. The summed E-state index contributed by atoms with van der Waals surface area (Å²) in [7, 11) is 0. The molecule has 0 bridgehead atoms. The molecule has 2 unspecified atom stereocenters. The Morgan fingerprint density at radius 2 is 2.15 bits per heavy atom. The van der Waals surface area contributed by atoms with Gasteiger partial charge in [-0.1, -0.05) is 33.1 Å². The Morgan fingerprint density at radius 1 is 1.46 bits per heavy atom. The molecule has 13 heavy (non-hydrogen) atoms. The van der Waals surface area contributed by atoms with Crippen molar-refractivity contribution in [1.82, 2.24) is 0 Å². The third-order valence-corrected chi connectivity index (χ3v) is 3.05. The molecule has 0 heterocycles. The predicted molar refractivity (Wildman–Crippen MR) is 55.6 cm³/mol. The molecule has 0 spiro atoms. The minimum absolute atomic E-state index is 0.226. The van der Waals surface area contributed by atoms with Crippen LogP contribution in [0.3, 0.4) is 0 Å². The van der Waals surface area contributed by atoms with Crippen LogP contribution in [0.4, 0.5) is 0 Å². The summed E-state index contributed by atoms with van der Waals surface area (Å²) >= 11 is 0. The number of ether oxygens (including phenoxy) is 1. The van der Waals surface area contributed by atoms with E-state index in [0.717, 1.165) is 25.6 Å². The molecule has 0 aromatic carbocycles. The fourth-order valence-electron chi connectivity index (χ4n) is 1.34. The van der Waals surface area contributed by atoms with E-state index < -0.39 is 0 Å². The molecule has 2 nitrogen and oxygen atoms in total. The first-order valence-corrected chi connectivity index (χ1v) is 5.57. The van der Waals surface area contributed by atoms with Gasteiger partial charge in [0.05, 0.1) is 6.61 Å². The average molecular weight is 185 g/mol. The molecular formula is C11H23NO. The van der Waals surface area contributed by atoms with Gasteiger partial charge in [0.1, 0.15) is 0 Å². The Balaban J connectivity index is 1.90. The van der Waals surface area contributed by atoms with Crippen molar-refractivity contribution < 1.29 is 4.74 Å². The third kappa shape index (κ3) is 4.63. The molecule has 0 aromatic heterocycles. The molecule has 1 saturated carbocycles. The van der Waals surface area contributed by atoms with E-state index in [0.29, 0.717) is 5.92 Å². The van der Waals surface area contributed by atoms with Gasteiger partial charge in [-0.15, -0.1) is 0 Å². The van der Waals surface area contributed by atoms with E-state index in [-0.39, 0.29) is 6.04 Å². The second-order valence-corrected chi connectivity index (χ2v) is 4.36. The molecule has 1 fully saturated rings. The Kier molecular flexibility index (Phi) is 4.74. The highest BCUT2D eigenvalue weighted by molar-refractivity contribution is 4.72. The van der Waals surface area contributed by atoms with Crippen molar-refractivity contribution >= 4 is 0 Å². The van der Waals surface area contributed by atoms with Crippen LogP contribution in [0.2, 0.25) is 0 Å². The van der Waals surface area contributed by atoms with Gasteiger partial charge in [-0.25, -0.2) is 0 Å². The Morgan fingerprint density at radius 3 is 2.69 bits per heavy atom. The molecule has 1 aliphatic carbocycles. The van der Waals surface area contributed by atoms with Gasteiger partial charge in [-0.2, -0.15) is 0 Å². The monoisotopic (exact) mass is 185 g/mol. The first-order valence-electron chi connectivity index (χ1n) is 5.57. The molecule has 2 N–H and O–H groups in total. The first-order chi connectivity index (χ1) is 6.24. The lowest BCUT2D eigenvalue weighted by atomic mass is 10.0. The lowest BCUT2D eigenvalue weighted by Crippen LogP contribution is -2.33. The molecule has 1 aliphatic rings. The topological polar surface area (TPSA) is 35.2 Å². The van der Waals surface area contributed by atoms with Crippen molar-refractivity contribution in [3.63, 3.8) is 0 Å². The van der Waals surface area contributed by atoms with Gasteiger partial charge in [0.2, 0.25) is 0 Å². The fourth-order valence-corrected chi connectivity index (χ4v) is 1.34. The van der Waals surface area contributed by atoms with Crippen LogP contribution >= 0.6 is 0 Å². The summed E-state index contributed by atoms with van der Waals surface area (Å²) in [6.07, 6.45) is 5.22. The lowest BCUT2D eigenvalue weighted by molar-refractivity contribution is 0.102. The van der Waals surface area contributed by atoms with Gasteiger partial charge in [-0.05, 0) is 18.3 Å². The summed E-state index contributed by atoms with van der Waals surface area (Å²) < 4.78 is 5.54. The van der Waals surface area contributed by atoms with Crippen molar-refractivity contribution in [2.75, 3.05) is 13.2 Å². The number of hydrogen-bond donors (Lipinski definition) is 1. The Hall–Kier alpha value is -0.0800. The van der Waals surface area contributed by atoms with E-state index >= 15 is 0 Å². The van der Waals surface area contributed by atoms with Gasteiger partial charge in [-0.3, -0.25) is 0 Å². The number of hydrogen-bond acceptors (Lipinski definition) is 2. The standard InChI is InChI=1S/C11H23NO/c1-3-9(2)11(12)8-13-7-6-10-4-5-10/h9-11H,3-8,12H2,1-2H3. The average Bonchev–Trinajstić information content (AvgIpc) is 2.94. The summed E-state index contributed by atoms with van der Waals surface area (Å²) in [5, 5.41) is 0. The predicted octanol–water partition coefficient (Wildman–Crippen LogP) is 2.18. The van der Waals surface area contributed by atoms with Crippen LogP contribution in [0, 0.1) is 11.8 Å². The van der Waals surface area contributed by atoms with E-state index in [2.05, 4.69) is 13.8 Å². The van der Waals surface area contributed by atoms with Gasteiger partial charge < -0.3 is 10.5 Å². The molecule has 78 valence electrons. The van der Waals surface area contributed by atoms with Crippen LogP contribution in [0.1, 0.15) is 39.5 Å². The van der Waals surface area contributed by atoms with Crippen molar-refractivity contribution in [3.8, 4) is 0 Å². The van der Waals surface area contributed by atoms with Crippen LogP contribution in [0.15, 0.2) is 0 Å². The van der Waals surface area contributed by atoms with Gasteiger partial charge in [0.25, 0.3) is 0 Å². The quantitative estimate of drug-likeness (QED) is 0.617. The van der Waals surface area contributed by atoms with Crippen molar-refractivity contribution in [2.45, 2.75) is 45.6 Å². The second-order valence-electron chi connectivity index (χ2n) is 4.36. The highest BCUT2D eigenvalue weighted by atomic mass is 16.5. The Labute approximate surface area is 81.8 Å². The van der Waals surface area contributed by atoms with Crippen molar-refractivity contribution in [3.05, 3.63) is 0 Å². The van der Waals surface area contributed by atoms with Crippen LogP contribution in [-0.2, 0) is 4.74 Å². The maximum atomic E-state index is 5.94. The van der Waals surface area contributed by atoms with E-state index in [4.69, 9.17) is 10.5 Å². The molecule has 0 amide bonds. The highest BCUT2D eigenvalue weighted by Gasteiger charge is 2.20. The van der Waals surface area contributed by atoms with E-state index in [1.807, 2.05) is 0 Å². The molecule has 1 rings (SSSR count). The van der Waals surface area contributed by atoms with Crippen LogP contribution in [0.25, 0.3) is 0 Å². The van der Waals surface area contributed by atoms with Crippen LogP contribution in [0.5, 0.6) is 0 Å². The summed E-state index contributed by atoms with van der Waals surface area (Å²) in [6, 6.07) is 0.226. The number of nitrogens with two attached hydrogens (primary N) is 1. The smallest absolute Gasteiger partial charge is 0.0620 e. The summed E-state index contributed by atoms with van der Waals surface area (Å²) in [6.45, 7) is 6.01. The van der Waals surface area contributed by atoms with Crippen molar-refractivity contribution in [1.29, 1.82) is 0 Å². The summed E-state index contributed by atoms with van der Waals surface area (Å²) in [5.41, 5.74) is 5.94. The van der Waals surface area contributed by atoms with E-state index in [9.17, 15) is 0 Å². The molecule has 0 radical (unpaired) electrons. The zero-order valence-electron chi connectivity index (χ0n) is 8.96. The highest BCUT2D eigenvalue weighted by Crippen LogP contribution is 2.32. The summed E-state index contributed by atoms with van der Waals surface area (Å²) in [5.74, 6) is 1.56. The van der Waals surface area contributed by atoms with E-state index in [1.54, 1.807) is 0 Å². The maximum Gasteiger partial charge on any atom is 0.0620 e. The largest absolute Gasteiger partial charge is 0.380 e.